The Kier molecular flexibility index (Phi) is 6.57. The Morgan fingerprint density at radius 1 is 1.21 bits per heavy atom. The van der Waals surface area contributed by atoms with Gasteiger partial charge in [-0.05, 0) is 30.9 Å². The Hall–Kier alpha value is -2.54. The normalized spacial score (nSPS) is 12.3. The Bertz CT molecular complexity index is 918. The number of nitrogens with one attached hydrogen (secondary N) is 1. The molecule has 0 fully saturated rings. The second-order valence-corrected chi connectivity index (χ2v) is 8.15. The summed E-state index contributed by atoms with van der Waals surface area (Å²) < 4.78 is 7.23. The van der Waals surface area contributed by atoms with E-state index in [-0.39, 0.29) is 17.7 Å². The molecule has 3 aromatic rings. The van der Waals surface area contributed by atoms with E-state index >= 15 is 0 Å². The molecule has 0 aliphatic rings. The lowest BCUT2D eigenvalue weighted by Gasteiger charge is -2.21. The van der Waals surface area contributed by atoms with E-state index in [1.165, 1.54) is 11.8 Å². The number of furan rings is 1. The Morgan fingerprint density at radius 2 is 1.96 bits per heavy atom. The molecule has 1 amide bonds. The van der Waals surface area contributed by atoms with Crippen molar-refractivity contribution in [2.45, 2.75) is 38.4 Å². The van der Waals surface area contributed by atoms with E-state index in [2.05, 4.69) is 41.5 Å². The van der Waals surface area contributed by atoms with E-state index in [1.807, 2.05) is 42.8 Å². The second kappa shape index (κ2) is 9.10. The van der Waals surface area contributed by atoms with Crippen molar-refractivity contribution in [3.8, 4) is 11.4 Å². The maximum absolute atomic E-state index is 12.6. The molecule has 28 heavy (non-hydrogen) atoms. The van der Waals surface area contributed by atoms with Crippen LogP contribution < -0.4 is 5.32 Å². The standard InChI is InChI=1S/C21H26N4O2S/c1-14(2)12-18(16-8-6-5-7-9-16)22-19(26)13-28-21-24-23-20(25(21)4)17-10-11-27-15(17)3/h5-11,14,18H,12-13H2,1-4H3,(H,22,26)/t18-/m0/s1. The minimum Gasteiger partial charge on any atom is -0.469 e. The number of aromatic nitrogens is 3. The van der Waals surface area contributed by atoms with E-state index in [0.29, 0.717) is 11.1 Å². The van der Waals surface area contributed by atoms with Crippen LogP contribution in [0.1, 0.15) is 37.6 Å². The summed E-state index contributed by atoms with van der Waals surface area (Å²) in [6.45, 7) is 6.22. The van der Waals surface area contributed by atoms with Crippen molar-refractivity contribution in [1.82, 2.24) is 20.1 Å². The van der Waals surface area contributed by atoms with Gasteiger partial charge in [0.15, 0.2) is 11.0 Å². The molecule has 1 N–H and O–H groups in total. The molecule has 0 aliphatic carbocycles. The maximum atomic E-state index is 12.6. The summed E-state index contributed by atoms with van der Waals surface area (Å²) in [5, 5.41) is 12.3. The van der Waals surface area contributed by atoms with E-state index in [4.69, 9.17) is 4.42 Å². The highest BCUT2D eigenvalue weighted by molar-refractivity contribution is 7.99. The van der Waals surface area contributed by atoms with Gasteiger partial charge in [0.05, 0.1) is 23.6 Å². The molecule has 3 rings (SSSR count). The van der Waals surface area contributed by atoms with Gasteiger partial charge in [0.1, 0.15) is 5.76 Å². The van der Waals surface area contributed by atoms with Gasteiger partial charge < -0.3 is 14.3 Å². The zero-order valence-electron chi connectivity index (χ0n) is 16.7. The van der Waals surface area contributed by atoms with Gasteiger partial charge in [-0.2, -0.15) is 0 Å². The van der Waals surface area contributed by atoms with Gasteiger partial charge in [0.25, 0.3) is 0 Å². The molecule has 2 heterocycles. The van der Waals surface area contributed by atoms with Gasteiger partial charge in [-0.25, -0.2) is 0 Å². The van der Waals surface area contributed by atoms with E-state index in [9.17, 15) is 4.79 Å². The molecule has 6 nitrogen and oxygen atoms in total. The topological polar surface area (TPSA) is 72.9 Å². The molecule has 0 saturated heterocycles. The third-order valence-electron chi connectivity index (χ3n) is 4.51. The largest absolute Gasteiger partial charge is 0.469 e. The molecule has 0 radical (unpaired) electrons. The van der Waals surface area contributed by atoms with Crippen molar-refractivity contribution in [2.24, 2.45) is 13.0 Å². The fourth-order valence-electron chi connectivity index (χ4n) is 3.09. The number of hydrogen-bond donors (Lipinski definition) is 1. The van der Waals surface area contributed by atoms with Crippen LogP contribution >= 0.6 is 11.8 Å². The molecule has 0 unspecified atom stereocenters. The van der Waals surface area contributed by atoms with Crippen LogP contribution in [-0.2, 0) is 11.8 Å². The first kappa shape index (κ1) is 20.2. The molecule has 0 saturated carbocycles. The highest BCUT2D eigenvalue weighted by atomic mass is 32.2. The lowest BCUT2D eigenvalue weighted by atomic mass is 9.97. The lowest BCUT2D eigenvalue weighted by molar-refractivity contribution is -0.119. The highest BCUT2D eigenvalue weighted by Gasteiger charge is 2.18. The number of benzene rings is 1. The average molecular weight is 399 g/mol. The number of amides is 1. The number of aryl methyl sites for hydroxylation is 1. The van der Waals surface area contributed by atoms with Crippen LogP contribution in [0.25, 0.3) is 11.4 Å². The molecule has 2 aromatic heterocycles. The van der Waals surface area contributed by atoms with Crippen molar-refractivity contribution in [2.75, 3.05) is 5.75 Å². The lowest BCUT2D eigenvalue weighted by Crippen LogP contribution is -2.31. The number of carbonyl (C=O) groups is 1. The van der Waals surface area contributed by atoms with Crippen LogP contribution in [0, 0.1) is 12.8 Å². The number of carbonyl (C=O) groups excluding carboxylic acids is 1. The predicted octanol–water partition coefficient (Wildman–Crippen LogP) is 4.38. The quantitative estimate of drug-likeness (QED) is 0.570. The molecule has 7 heteroatoms. The first-order valence-electron chi connectivity index (χ1n) is 9.36. The van der Waals surface area contributed by atoms with Crippen LogP contribution in [0.3, 0.4) is 0 Å². The molecular weight excluding hydrogens is 372 g/mol. The van der Waals surface area contributed by atoms with E-state index in [0.717, 1.165) is 29.1 Å². The molecule has 1 aromatic carbocycles. The van der Waals surface area contributed by atoms with Crippen molar-refractivity contribution in [1.29, 1.82) is 0 Å². The fraction of sp³-hybridized carbons (Fsp3) is 0.381. The summed E-state index contributed by atoms with van der Waals surface area (Å²) in [6.07, 6.45) is 2.53. The minimum absolute atomic E-state index is 0.0106. The van der Waals surface area contributed by atoms with Crippen LogP contribution in [0.15, 0.2) is 52.2 Å². The smallest absolute Gasteiger partial charge is 0.230 e. The number of rotatable bonds is 8. The number of nitrogens with zero attached hydrogens (tertiary/aromatic N) is 3. The Morgan fingerprint density at radius 3 is 2.61 bits per heavy atom. The summed E-state index contributed by atoms with van der Waals surface area (Å²) in [7, 11) is 1.90. The minimum atomic E-state index is -0.0106. The summed E-state index contributed by atoms with van der Waals surface area (Å²) >= 11 is 1.38. The van der Waals surface area contributed by atoms with Crippen LogP contribution in [0.4, 0.5) is 0 Å². The molecule has 0 spiro atoms. The SMILES string of the molecule is Cc1occc1-c1nnc(SCC(=O)N[C@@H](CC(C)C)c2ccccc2)n1C. The third kappa shape index (κ3) is 4.84. The van der Waals surface area contributed by atoms with Gasteiger partial charge in [0.2, 0.25) is 5.91 Å². The molecular formula is C21H26N4O2S. The highest BCUT2D eigenvalue weighted by Crippen LogP contribution is 2.26. The van der Waals surface area contributed by atoms with Gasteiger partial charge in [-0.3, -0.25) is 4.79 Å². The molecule has 0 bridgehead atoms. The van der Waals surface area contributed by atoms with Crippen molar-refractivity contribution in [3.63, 3.8) is 0 Å². The van der Waals surface area contributed by atoms with Crippen molar-refractivity contribution >= 4 is 17.7 Å². The summed E-state index contributed by atoms with van der Waals surface area (Å²) in [4.78, 5) is 12.6. The summed E-state index contributed by atoms with van der Waals surface area (Å²) in [6, 6.07) is 12.0. The first-order chi connectivity index (χ1) is 13.5. The number of thioether (sulfide) groups is 1. The van der Waals surface area contributed by atoms with Crippen molar-refractivity contribution < 1.29 is 9.21 Å². The fourth-order valence-corrected chi connectivity index (χ4v) is 3.82. The Labute approximate surface area is 169 Å². The van der Waals surface area contributed by atoms with Gasteiger partial charge in [-0.15, -0.1) is 10.2 Å². The predicted molar refractivity (Wildman–Crippen MR) is 111 cm³/mol. The average Bonchev–Trinajstić information content (AvgIpc) is 3.25. The maximum Gasteiger partial charge on any atom is 0.230 e. The summed E-state index contributed by atoms with van der Waals surface area (Å²) in [5.74, 6) is 2.29. The second-order valence-electron chi connectivity index (χ2n) is 7.20. The number of hydrogen-bond acceptors (Lipinski definition) is 5. The third-order valence-corrected chi connectivity index (χ3v) is 5.53. The van der Waals surface area contributed by atoms with Crippen LogP contribution in [-0.4, -0.2) is 26.4 Å². The van der Waals surface area contributed by atoms with E-state index < -0.39 is 0 Å². The van der Waals surface area contributed by atoms with Gasteiger partial charge in [0, 0.05) is 7.05 Å². The zero-order valence-corrected chi connectivity index (χ0v) is 17.5. The van der Waals surface area contributed by atoms with Crippen LogP contribution in [0.2, 0.25) is 0 Å². The van der Waals surface area contributed by atoms with Crippen LogP contribution in [0.5, 0.6) is 0 Å². The molecule has 0 aliphatic heterocycles. The first-order valence-corrected chi connectivity index (χ1v) is 10.3. The Balaban J connectivity index is 1.63. The molecule has 1 atom stereocenters. The zero-order chi connectivity index (χ0) is 20.1. The molecule has 148 valence electrons. The summed E-state index contributed by atoms with van der Waals surface area (Å²) in [5.41, 5.74) is 2.04. The van der Waals surface area contributed by atoms with Gasteiger partial charge in [-0.1, -0.05) is 55.9 Å². The monoisotopic (exact) mass is 398 g/mol. The van der Waals surface area contributed by atoms with E-state index in [1.54, 1.807) is 6.26 Å². The van der Waals surface area contributed by atoms with Crippen molar-refractivity contribution in [3.05, 3.63) is 54.0 Å². The van der Waals surface area contributed by atoms with Gasteiger partial charge >= 0.3 is 0 Å².